The second-order valence-electron chi connectivity index (χ2n) is 37.4. The van der Waals surface area contributed by atoms with Crippen LogP contribution in [0.2, 0.25) is 0 Å². The maximum Gasteiger partial charge on any atom is 0.114 e. The van der Waals surface area contributed by atoms with Crippen molar-refractivity contribution >= 4 is 90.9 Å². The molecular formula is C115H134N4S6. The SMILES string of the molecule is CCCCCCCCC1(CCCCCCCC)c2ccccc2-c2ccc(-c3ccc(-c4ccc(-c5ccc(-c6ccc7c(c6)C(CCCCCCCC)(CCCCCCCC)c6cc(-c8ccc(-c9ccc(-c%10ccc(-c%11ccc%12c(c%11)C(CCCCCCCC)(CCCCCCCC)c%11ccccc%11-%12)s%10)c%10nsnc9%10)s8)ccc6-7)s5)c5nsnc45)s3)cc21. The molecule has 6 heterocycles. The second-order valence-corrected chi connectivity index (χ2v) is 42.8. The molecule has 0 saturated heterocycles. The van der Waals surface area contributed by atoms with E-state index in [9.17, 15) is 0 Å². The van der Waals surface area contributed by atoms with Gasteiger partial charge in [0.25, 0.3) is 0 Å². The van der Waals surface area contributed by atoms with Gasteiger partial charge in [0.1, 0.15) is 22.1 Å². The summed E-state index contributed by atoms with van der Waals surface area (Å²) >= 11 is 10.3. The third kappa shape index (κ3) is 19.0. The Hall–Kier alpha value is -7.80. The van der Waals surface area contributed by atoms with Gasteiger partial charge in [-0.1, -0.05) is 394 Å². The monoisotopic (exact) mass is 1760 g/mol. The lowest BCUT2D eigenvalue weighted by Gasteiger charge is -2.33. The zero-order chi connectivity index (χ0) is 85.4. The Morgan fingerprint density at radius 1 is 0.184 bits per heavy atom. The molecule has 0 amide bonds. The minimum Gasteiger partial charge on any atom is -0.172 e. The van der Waals surface area contributed by atoms with Crippen molar-refractivity contribution in [1.82, 2.24) is 17.5 Å². The lowest BCUT2D eigenvalue weighted by Crippen LogP contribution is -2.25. The standard InChI is InChI=1S/C115H134N4S6/c1-7-13-19-25-31-41-71-113(72-42-32-26-20-14-8-2)95-49-39-37-47-85(95)87-55-51-81(77-97(87)113)101-63-67-105(120-101)91-59-61-93(111-109(91)116-124-118-111)107-69-65-103(122-107)83-53-57-89-90-58-54-84(80-100(90)115(99(89)79-83,75-45-35-29-23-17-11-5)76-46-36-30-24-18-12-6)104-66-70-108(123-104)94-62-60-92(110-112(94)119-125-117-110)106-68-64-102(121-106)82-52-56-88-86-48-38-40-50-96(86)114(98(88)78-82,73-43-33-27-21-15-9-3)74-44-34-28-22-16-10-4/h37-40,47-70,77-80H,7-36,41-46,71-76H2,1-6H3. The van der Waals surface area contributed by atoms with Gasteiger partial charge in [-0.2, -0.15) is 17.5 Å². The number of thiophene rings is 4. The van der Waals surface area contributed by atoms with Gasteiger partial charge in [-0.25, -0.2) is 0 Å². The largest absolute Gasteiger partial charge is 0.172 e. The van der Waals surface area contributed by atoms with E-state index in [1.807, 2.05) is 45.3 Å². The maximum absolute atomic E-state index is 5.14. The summed E-state index contributed by atoms with van der Waals surface area (Å²) in [5.41, 5.74) is 32.0. The summed E-state index contributed by atoms with van der Waals surface area (Å²) in [6, 6.07) is 77.5. The topological polar surface area (TPSA) is 51.6 Å². The van der Waals surface area contributed by atoms with E-state index in [0.29, 0.717) is 0 Å². The molecule has 3 aliphatic carbocycles. The molecule has 4 nitrogen and oxygen atoms in total. The third-order valence-corrected chi connectivity index (χ3v) is 34.8. The molecule has 125 heavy (non-hydrogen) atoms. The van der Waals surface area contributed by atoms with Gasteiger partial charge >= 0.3 is 0 Å². The molecule has 0 atom stereocenters. The average molecular weight is 1760 g/mol. The Morgan fingerprint density at radius 3 is 0.616 bits per heavy atom. The van der Waals surface area contributed by atoms with Crippen LogP contribution in [0.5, 0.6) is 0 Å². The summed E-state index contributed by atoms with van der Waals surface area (Å²) in [4.78, 5) is 10.2. The fraction of sp³-hybridized carbons (Fsp3) is 0.443. The van der Waals surface area contributed by atoms with Gasteiger partial charge in [-0.05, 0) is 200 Å². The van der Waals surface area contributed by atoms with Crippen LogP contribution in [-0.4, -0.2) is 17.5 Å². The summed E-state index contributed by atoms with van der Waals surface area (Å²) in [5, 5.41) is 0. The van der Waals surface area contributed by atoms with E-state index in [1.54, 1.807) is 22.3 Å². The fourth-order valence-electron chi connectivity index (χ4n) is 22.3. The highest BCUT2D eigenvalue weighted by molar-refractivity contribution is 7.20. The van der Waals surface area contributed by atoms with Crippen molar-refractivity contribution in [3.63, 3.8) is 0 Å². The maximum atomic E-state index is 5.14. The normalized spacial score (nSPS) is 13.8. The highest BCUT2D eigenvalue weighted by Gasteiger charge is 2.46. The van der Waals surface area contributed by atoms with Gasteiger partial charge < -0.3 is 0 Å². The lowest BCUT2D eigenvalue weighted by atomic mass is 9.70. The zero-order valence-corrected chi connectivity index (χ0v) is 80.8. The first-order valence-electron chi connectivity index (χ1n) is 49.4. The summed E-state index contributed by atoms with van der Waals surface area (Å²) < 4.78 is 20.5. The van der Waals surface area contributed by atoms with Crippen LogP contribution in [0.4, 0.5) is 0 Å². The Bertz CT molecular complexity index is 5490. The van der Waals surface area contributed by atoms with Gasteiger partial charge in [0.2, 0.25) is 0 Å². The van der Waals surface area contributed by atoms with Gasteiger partial charge in [0.05, 0.1) is 23.5 Å². The molecule has 0 fully saturated rings. The molecule has 0 aliphatic heterocycles. The van der Waals surface area contributed by atoms with Crippen molar-refractivity contribution < 1.29 is 0 Å². The van der Waals surface area contributed by atoms with Gasteiger partial charge in [0.15, 0.2) is 0 Å². The van der Waals surface area contributed by atoms with E-state index in [1.165, 1.54) is 408 Å². The van der Waals surface area contributed by atoms with Crippen LogP contribution in [-0.2, 0) is 16.2 Å². The van der Waals surface area contributed by atoms with Crippen LogP contribution < -0.4 is 0 Å². The number of nitrogens with zero attached hydrogens (tertiary/aromatic N) is 4. The zero-order valence-electron chi connectivity index (χ0n) is 75.9. The van der Waals surface area contributed by atoms with Crippen molar-refractivity contribution in [1.29, 1.82) is 0 Å². The number of unbranched alkanes of at least 4 members (excludes halogenated alkanes) is 30. The number of benzene rings is 8. The van der Waals surface area contributed by atoms with E-state index >= 15 is 0 Å². The predicted molar refractivity (Wildman–Crippen MR) is 550 cm³/mol. The van der Waals surface area contributed by atoms with E-state index < -0.39 is 0 Å². The van der Waals surface area contributed by atoms with Crippen molar-refractivity contribution in [2.45, 2.75) is 327 Å². The minimum atomic E-state index is -0.104. The first-order chi connectivity index (χ1) is 61.7. The molecule has 0 radical (unpaired) electrons. The molecule has 10 heteroatoms. The van der Waals surface area contributed by atoms with Crippen molar-refractivity contribution in [2.75, 3.05) is 0 Å². The predicted octanol–water partition coefficient (Wildman–Crippen LogP) is 38.6. The minimum absolute atomic E-state index is 0.0475. The van der Waals surface area contributed by atoms with Crippen LogP contribution in [0.1, 0.15) is 345 Å². The number of fused-ring (bicyclic) bond motifs is 11. The quantitative estimate of drug-likeness (QED) is 0.0357. The van der Waals surface area contributed by atoms with E-state index in [-0.39, 0.29) is 16.2 Å². The van der Waals surface area contributed by atoms with E-state index in [4.69, 9.17) is 17.5 Å². The van der Waals surface area contributed by atoms with Crippen LogP contribution in [0, 0.1) is 0 Å². The first kappa shape index (κ1) is 89.2. The molecule has 8 aromatic carbocycles. The smallest absolute Gasteiger partial charge is 0.114 e. The second kappa shape index (κ2) is 42.6. The van der Waals surface area contributed by atoms with Crippen molar-refractivity contribution in [3.8, 4) is 117 Å². The molecule has 0 spiro atoms. The van der Waals surface area contributed by atoms with E-state index in [0.717, 1.165) is 34.9 Å². The fourth-order valence-corrected chi connectivity index (χ4v) is 27.6. The van der Waals surface area contributed by atoms with Crippen molar-refractivity contribution in [2.24, 2.45) is 0 Å². The Labute approximate surface area is 773 Å². The Kier molecular flexibility index (Phi) is 30.4. The summed E-state index contributed by atoms with van der Waals surface area (Å²) in [6.07, 6.45) is 54.4. The van der Waals surface area contributed by atoms with Crippen molar-refractivity contribution in [3.05, 3.63) is 228 Å². The first-order valence-corrected chi connectivity index (χ1v) is 54.2. The third-order valence-electron chi connectivity index (χ3n) is 29.1. The molecule has 3 aliphatic rings. The molecule has 6 aromatic heterocycles. The molecule has 650 valence electrons. The Morgan fingerprint density at radius 2 is 0.376 bits per heavy atom. The highest BCUT2D eigenvalue weighted by atomic mass is 32.1. The molecule has 14 aromatic rings. The summed E-state index contributed by atoms with van der Waals surface area (Å²) in [6.45, 7) is 14.0. The number of hydrogen-bond donors (Lipinski definition) is 0. The van der Waals surface area contributed by atoms with Crippen LogP contribution in [0.25, 0.3) is 139 Å². The van der Waals surface area contributed by atoms with Gasteiger partial charge in [-0.3, -0.25) is 0 Å². The number of aromatic nitrogens is 4. The highest BCUT2D eigenvalue weighted by Crippen LogP contribution is 2.60. The molecule has 0 N–H and O–H groups in total. The van der Waals surface area contributed by atoms with Gasteiger partial charge in [-0.15, -0.1) is 45.3 Å². The van der Waals surface area contributed by atoms with Crippen LogP contribution in [0.15, 0.2) is 194 Å². The molecular weight excluding hydrogens is 1630 g/mol. The summed E-state index contributed by atoms with van der Waals surface area (Å²) in [7, 11) is 0. The van der Waals surface area contributed by atoms with Crippen LogP contribution >= 0.6 is 68.8 Å². The number of hydrogen-bond acceptors (Lipinski definition) is 10. The van der Waals surface area contributed by atoms with E-state index in [2.05, 4.69) is 236 Å². The average Bonchev–Trinajstić information content (AvgIpc) is 1.58. The molecule has 0 bridgehead atoms. The molecule has 0 unspecified atom stereocenters. The molecule has 17 rings (SSSR count). The summed E-state index contributed by atoms with van der Waals surface area (Å²) in [5.74, 6) is 0. The van der Waals surface area contributed by atoms with Gasteiger partial charge in [0, 0.05) is 77.5 Å². The molecule has 0 saturated carbocycles. The Balaban J connectivity index is 0.642. The lowest BCUT2D eigenvalue weighted by molar-refractivity contribution is 0.398. The number of rotatable bonds is 50. The van der Waals surface area contributed by atoms with Crippen LogP contribution in [0.3, 0.4) is 0 Å².